The zero-order chi connectivity index (χ0) is 21.3. The van der Waals surface area contributed by atoms with Crippen LogP contribution in [-0.2, 0) is 38.1 Å². The normalized spacial score (nSPS) is 25.1. The van der Waals surface area contributed by atoms with Crippen LogP contribution in [0.4, 0.5) is 0 Å². The van der Waals surface area contributed by atoms with Crippen LogP contribution in [0.15, 0.2) is 24.3 Å². The molecule has 0 radical (unpaired) electrons. The van der Waals surface area contributed by atoms with Crippen molar-refractivity contribution in [2.45, 2.75) is 25.7 Å². The average Bonchev–Trinajstić information content (AvgIpc) is 3.23. The Hall–Kier alpha value is -2.64. The Labute approximate surface area is 163 Å². The van der Waals surface area contributed by atoms with Gasteiger partial charge in [0.25, 0.3) is 0 Å². The molecule has 0 amide bonds. The molecule has 0 aromatic carbocycles. The lowest BCUT2D eigenvalue weighted by molar-refractivity contribution is -0.167. The van der Waals surface area contributed by atoms with Crippen LogP contribution in [0.3, 0.4) is 0 Å². The lowest BCUT2D eigenvalue weighted by Gasteiger charge is -2.30. The molecule has 0 spiro atoms. The van der Waals surface area contributed by atoms with Crippen LogP contribution in [0.1, 0.15) is 25.7 Å². The van der Waals surface area contributed by atoms with Crippen molar-refractivity contribution in [1.82, 2.24) is 0 Å². The van der Waals surface area contributed by atoms with Gasteiger partial charge in [-0.25, -0.2) is 0 Å². The highest BCUT2D eigenvalue weighted by atomic mass is 16.6. The fourth-order valence-corrected chi connectivity index (χ4v) is 4.73. The number of carbonyl (C=O) groups is 4. The maximum Gasteiger partial charge on any atom is 0.327 e. The van der Waals surface area contributed by atoms with Crippen molar-refractivity contribution in [3.8, 4) is 0 Å². The van der Waals surface area contributed by atoms with Gasteiger partial charge in [0, 0.05) is 0 Å². The SMILES string of the molecule is C=C1C(C2CCC(C(=O)OC)(C(=O)OC)C2=C)CCC1(C(=O)OC)C(=O)OC. The van der Waals surface area contributed by atoms with E-state index in [9.17, 15) is 19.2 Å². The van der Waals surface area contributed by atoms with Crippen molar-refractivity contribution < 1.29 is 38.1 Å². The van der Waals surface area contributed by atoms with Crippen molar-refractivity contribution in [2.75, 3.05) is 28.4 Å². The van der Waals surface area contributed by atoms with E-state index in [1.165, 1.54) is 28.4 Å². The van der Waals surface area contributed by atoms with Crippen molar-refractivity contribution in [2.24, 2.45) is 22.7 Å². The number of methoxy groups -OCH3 is 4. The molecule has 154 valence electrons. The van der Waals surface area contributed by atoms with Gasteiger partial charge in [0.15, 0.2) is 10.8 Å². The van der Waals surface area contributed by atoms with Crippen LogP contribution < -0.4 is 0 Å². The molecule has 0 bridgehead atoms. The van der Waals surface area contributed by atoms with Gasteiger partial charge < -0.3 is 18.9 Å². The summed E-state index contributed by atoms with van der Waals surface area (Å²) >= 11 is 0. The zero-order valence-corrected chi connectivity index (χ0v) is 16.7. The van der Waals surface area contributed by atoms with Crippen LogP contribution in [0, 0.1) is 22.7 Å². The molecule has 2 atom stereocenters. The summed E-state index contributed by atoms with van der Waals surface area (Å²) in [6.45, 7) is 8.02. The van der Waals surface area contributed by atoms with Gasteiger partial charge in [0.05, 0.1) is 28.4 Å². The van der Waals surface area contributed by atoms with Gasteiger partial charge in [-0.15, -0.1) is 0 Å². The predicted molar refractivity (Wildman–Crippen MR) is 96.7 cm³/mol. The largest absolute Gasteiger partial charge is 0.468 e. The van der Waals surface area contributed by atoms with Gasteiger partial charge in [-0.1, -0.05) is 13.2 Å². The first-order valence-electron chi connectivity index (χ1n) is 8.91. The second-order valence-electron chi connectivity index (χ2n) is 7.12. The summed E-state index contributed by atoms with van der Waals surface area (Å²) in [6.07, 6.45) is 1.21. The van der Waals surface area contributed by atoms with E-state index < -0.39 is 34.7 Å². The first kappa shape index (κ1) is 21.7. The summed E-state index contributed by atoms with van der Waals surface area (Å²) in [7, 11) is 4.78. The topological polar surface area (TPSA) is 105 Å². The summed E-state index contributed by atoms with van der Waals surface area (Å²) in [5, 5.41) is 0. The lowest BCUT2D eigenvalue weighted by atomic mass is 9.74. The van der Waals surface area contributed by atoms with Crippen LogP contribution in [0.2, 0.25) is 0 Å². The second kappa shape index (κ2) is 7.77. The van der Waals surface area contributed by atoms with E-state index in [4.69, 9.17) is 18.9 Å². The average molecular weight is 394 g/mol. The van der Waals surface area contributed by atoms with Crippen molar-refractivity contribution in [1.29, 1.82) is 0 Å². The Morgan fingerprint density at radius 1 is 0.679 bits per heavy atom. The highest BCUT2D eigenvalue weighted by Crippen LogP contribution is 2.58. The molecule has 8 nitrogen and oxygen atoms in total. The van der Waals surface area contributed by atoms with Crippen LogP contribution in [0.25, 0.3) is 0 Å². The number of esters is 4. The van der Waals surface area contributed by atoms with Gasteiger partial charge >= 0.3 is 23.9 Å². The van der Waals surface area contributed by atoms with E-state index in [1.54, 1.807) is 0 Å². The summed E-state index contributed by atoms with van der Waals surface area (Å²) in [5.74, 6) is -3.63. The summed E-state index contributed by atoms with van der Waals surface area (Å²) in [5.41, 5.74) is -2.50. The molecule has 8 heteroatoms. The monoisotopic (exact) mass is 394 g/mol. The molecular weight excluding hydrogens is 368 g/mol. The molecule has 2 fully saturated rings. The summed E-state index contributed by atoms with van der Waals surface area (Å²) < 4.78 is 19.4. The molecule has 0 aromatic heterocycles. The minimum atomic E-state index is -1.60. The lowest BCUT2D eigenvalue weighted by Crippen LogP contribution is -2.42. The van der Waals surface area contributed by atoms with Gasteiger partial charge in [-0.2, -0.15) is 0 Å². The second-order valence-corrected chi connectivity index (χ2v) is 7.12. The smallest absolute Gasteiger partial charge is 0.327 e. The Kier molecular flexibility index (Phi) is 6.01. The molecule has 2 aliphatic carbocycles. The highest BCUT2D eigenvalue weighted by molar-refractivity contribution is 6.05. The maximum atomic E-state index is 12.5. The minimum Gasteiger partial charge on any atom is -0.468 e. The molecule has 0 saturated heterocycles. The molecular formula is C20H26O8. The number of ether oxygens (including phenoxy) is 4. The van der Waals surface area contributed by atoms with Crippen LogP contribution >= 0.6 is 0 Å². The van der Waals surface area contributed by atoms with Gasteiger partial charge in [0.2, 0.25) is 0 Å². The highest BCUT2D eigenvalue weighted by Gasteiger charge is 2.62. The first-order chi connectivity index (χ1) is 13.2. The van der Waals surface area contributed by atoms with Gasteiger partial charge in [0.1, 0.15) is 0 Å². The summed E-state index contributed by atoms with van der Waals surface area (Å²) in [6, 6.07) is 0. The first-order valence-corrected chi connectivity index (χ1v) is 8.91. The van der Waals surface area contributed by atoms with Crippen LogP contribution in [-0.4, -0.2) is 52.3 Å². The number of rotatable bonds is 5. The third-order valence-electron chi connectivity index (χ3n) is 6.27. The van der Waals surface area contributed by atoms with Gasteiger partial charge in [-0.05, 0) is 48.7 Å². The Morgan fingerprint density at radius 2 is 0.929 bits per heavy atom. The molecule has 28 heavy (non-hydrogen) atoms. The molecule has 0 aromatic rings. The Morgan fingerprint density at radius 3 is 1.14 bits per heavy atom. The molecule has 0 N–H and O–H groups in total. The predicted octanol–water partition coefficient (Wildman–Crippen LogP) is 1.58. The fourth-order valence-electron chi connectivity index (χ4n) is 4.73. The number of carbonyl (C=O) groups excluding carboxylic acids is 4. The molecule has 2 unspecified atom stereocenters. The van der Waals surface area contributed by atoms with E-state index in [2.05, 4.69) is 13.2 Å². The zero-order valence-electron chi connectivity index (χ0n) is 16.7. The maximum absolute atomic E-state index is 12.5. The summed E-state index contributed by atoms with van der Waals surface area (Å²) in [4.78, 5) is 49.9. The molecule has 2 rings (SSSR count). The van der Waals surface area contributed by atoms with E-state index in [-0.39, 0.29) is 24.7 Å². The Bertz CT molecular complexity index is 640. The van der Waals surface area contributed by atoms with E-state index in [0.717, 1.165) is 0 Å². The fraction of sp³-hybridized carbons (Fsp3) is 0.600. The molecule has 0 heterocycles. The van der Waals surface area contributed by atoms with Gasteiger partial charge in [-0.3, -0.25) is 19.2 Å². The number of hydrogen-bond donors (Lipinski definition) is 0. The van der Waals surface area contributed by atoms with E-state index >= 15 is 0 Å². The van der Waals surface area contributed by atoms with Crippen molar-refractivity contribution in [3.63, 3.8) is 0 Å². The van der Waals surface area contributed by atoms with Crippen molar-refractivity contribution in [3.05, 3.63) is 24.3 Å². The van der Waals surface area contributed by atoms with Crippen molar-refractivity contribution >= 4 is 23.9 Å². The number of hydrogen-bond acceptors (Lipinski definition) is 8. The molecule has 2 aliphatic rings. The molecule has 0 aliphatic heterocycles. The Balaban J connectivity index is 2.42. The third kappa shape index (κ3) is 2.73. The van der Waals surface area contributed by atoms with E-state index in [0.29, 0.717) is 24.0 Å². The standard InChI is InChI=1S/C20H26O8/c1-11-13(7-9-19(11,15(21)25-3)16(22)26-4)14-8-10-20(12(14)2,17(23)27-5)18(24)28-6/h13-14H,1-2,7-10H2,3-6H3. The van der Waals surface area contributed by atoms with E-state index in [1.807, 2.05) is 0 Å². The van der Waals surface area contributed by atoms with Crippen LogP contribution in [0.5, 0.6) is 0 Å². The minimum absolute atomic E-state index is 0.170. The third-order valence-corrected chi connectivity index (χ3v) is 6.27. The quantitative estimate of drug-likeness (QED) is 0.300. The molecule has 2 saturated carbocycles.